The Balaban J connectivity index is 2.59. The second kappa shape index (κ2) is 5.96. The molecule has 0 aliphatic rings. The Bertz CT molecular complexity index is 433. The lowest BCUT2D eigenvalue weighted by atomic mass is 10.3. The van der Waals surface area contributed by atoms with E-state index in [1.54, 1.807) is 12.1 Å². The second-order valence-electron chi connectivity index (χ2n) is 3.37. The summed E-state index contributed by atoms with van der Waals surface area (Å²) in [4.78, 5) is 0. The minimum atomic E-state index is -3.34. The number of alkyl halides is 1. The van der Waals surface area contributed by atoms with E-state index in [-0.39, 0.29) is 11.5 Å². The fourth-order valence-corrected chi connectivity index (χ4v) is 2.55. The lowest BCUT2D eigenvalue weighted by molar-refractivity contribution is 0.475. The van der Waals surface area contributed by atoms with Gasteiger partial charge in [0, 0.05) is 11.9 Å². The molecule has 16 heavy (non-hydrogen) atoms. The summed E-state index contributed by atoms with van der Waals surface area (Å²) >= 11 is 5.46. The van der Waals surface area contributed by atoms with Crippen LogP contribution >= 0.6 is 11.6 Å². The van der Waals surface area contributed by atoms with Crippen molar-refractivity contribution in [2.75, 3.05) is 16.4 Å². The van der Waals surface area contributed by atoms with Gasteiger partial charge in [0.25, 0.3) is 0 Å². The highest BCUT2D eigenvalue weighted by atomic mass is 35.5. The molecule has 0 aliphatic heterocycles. The second-order valence-corrected chi connectivity index (χ2v) is 5.59. The molecule has 0 saturated carbocycles. The molecule has 0 unspecified atom stereocenters. The molecule has 0 aliphatic carbocycles. The summed E-state index contributed by atoms with van der Waals surface area (Å²) in [5, 5.41) is 9.17. The van der Waals surface area contributed by atoms with Gasteiger partial charge in [-0.15, -0.1) is 11.6 Å². The molecule has 1 aromatic carbocycles. The molecule has 1 rings (SSSR count). The van der Waals surface area contributed by atoms with Crippen molar-refractivity contribution in [3.8, 4) is 5.75 Å². The number of hydrogen-bond donors (Lipinski definition) is 2. The van der Waals surface area contributed by atoms with Crippen LogP contribution in [0.1, 0.15) is 12.8 Å². The predicted molar refractivity (Wildman–Crippen MR) is 65.5 cm³/mol. The Morgan fingerprint density at radius 1 is 1.31 bits per heavy atom. The predicted octanol–water partition coefficient (Wildman–Crippen LogP) is 2.15. The zero-order valence-electron chi connectivity index (χ0n) is 8.69. The third-order valence-corrected chi connectivity index (χ3v) is 3.56. The molecule has 0 radical (unpaired) electrons. The zero-order chi connectivity index (χ0) is 12.0. The van der Waals surface area contributed by atoms with Crippen LogP contribution in [0.3, 0.4) is 0 Å². The molecule has 0 spiro atoms. The molecule has 4 nitrogen and oxygen atoms in total. The Labute approximate surface area is 100 Å². The molecule has 0 bridgehead atoms. The highest BCUT2D eigenvalue weighted by molar-refractivity contribution is 7.92. The van der Waals surface area contributed by atoms with Crippen LogP contribution in [0.5, 0.6) is 5.75 Å². The number of aromatic hydroxyl groups is 1. The first-order valence-electron chi connectivity index (χ1n) is 4.89. The Hall–Kier alpha value is -0.940. The first-order valence-corrected chi connectivity index (χ1v) is 7.08. The van der Waals surface area contributed by atoms with Gasteiger partial charge in [0.2, 0.25) is 10.0 Å². The Morgan fingerprint density at radius 3 is 2.69 bits per heavy atom. The van der Waals surface area contributed by atoms with E-state index in [4.69, 9.17) is 11.6 Å². The number of benzene rings is 1. The van der Waals surface area contributed by atoms with Crippen molar-refractivity contribution in [3.63, 3.8) is 0 Å². The van der Waals surface area contributed by atoms with Gasteiger partial charge in [0.15, 0.2) is 0 Å². The van der Waals surface area contributed by atoms with E-state index in [1.807, 2.05) is 0 Å². The van der Waals surface area contributed by atoms with Gasteiger partial charge in [0.1, 0.15) is 5.75 Å². The number of nitrogens with one attached hydrogen (secondary N) is 1. The number of unbranched alkanes of at least 4 members (excludes halogenated alkanes) is 1. The Kier molecular flexibility index (Phi) is 4.89. The normalized spacial score (nSPS) is 11.3. The van der Waals surface area contributed by atoms with Crippen LogP contribution in [-0.4, -0.2) is 25.2 Å². The van der Waals surface area contributed by atoms with E-state index in [2.05, 4.69) is 4.72 Å². The molecule has 0 aromatic heterocycles. The lowest BCUT2D eigenvalue weighted by Crippen LogP contribution is -2.16. The molecule has 90 valence electrons. The van der Waals surface area contributed by atoms with Crippen LogP contribution in [0.15, 0.2) is 24.3 Å². The summed E-state index contributed by atoms with van der Waals surface area (Å²) in [6.45, 7) is 0. The van der Waals surface area contributed by atoms with Gasteiger partial charge < -0.3 is 5.11 Å². The average Bonchev–Trinajstić information content (AvgIpc) is 2.17. The summed E-state index contributed by atoms with van der Waals surface area (Å²) in [7, 11) is -3.34. The highest BCUT2D eigenvalue weighted by Crippen LogP contribution is 2.16. The van der Waals surface area contributed by atoms with Crippen molar-refractivity contribution in [2.24, 2.45) is 0 Å². The van der Waals surface area contributed by atoms with E-state index in [9.17, 15) is 13.5 Å². The summed E-state index contributed by atoms with van der Waals surface area (Å²) in [5.41, 5.74) is 0.367. The van der Waals surface area contributed by atoms with Crippen molar-refractivity contribution in [1.29, 1.82) is 0 Å². The van der Waals surface area contributed by atoms with Crippen LogP contribution in [0.4, 0.5) is 5.69 Å². The monoisotopic (exact) mass is 263 g/mol. The van der Waals surface area contributed by atoms with Crippen LogP contribution in [0.25, 0.3) is 0 Å². The molecule has 0 atom stereocenters. The standard InChI is InChI=1S/C10H14ClNO3S/c11-6-1-2-7-16(14,15)12-9-4-3-5-10(13)8-9/h3-5,8,12-13H,1-2,6-7H2. The zero-order valence-corrected chi connectivity index (χ0v) is 10.3. The van der Waals surface area contributed by atoms with E-state index < -0.39 is 10.0 Å². The van der Waals surface area contributed by atoms with E-state index in [0.717, 1.165) is 0 Å². The molecule has 1 aromatic rings. The summed E-state index contributed by atoms with van der Waals surface area (Å²) < 4.78 is 25.5. The molecule has 6 heteroatoms. The number of sulfonamides is 1. The van der Waals surface area contributed by atoms with E-state index in [0.29, 0.717) is 24.4 Å². The largest absolute Gasteiger partial charge is 0.508 e. The maximum atomic E-state index is 11.6. The topological polar surface area (TPSA) is 66.4 Å². The number of halogens is 1. The van der Waals surface area contributed by atoms with Crippen LogP contribution in [0, 0.1) is 0 Å². The molecular weight excluding hydrogens is 250 g/mol. The lowest BCUT2D eigenvalue weighted by Gasteiger charge is -2.07. The maximum Gasteiger partial charge on any atom is 0.232 e. The fraction of sp³-hybridized carbons (Fsp3) is 0.400. The third kappa shape index (κ3) is 4.72. The highest BCUT2D eigenvalue weighted by Gasteiger charge is 2.09. The number of hydrogen-bond acceptors (Lipinski definition) is 3. The van der Waals surface area contributed by atoms with Crippen LogP contribution in [0.2, 0.25) is 0 Å². The number of phenolic OH excluding ortho intramolecular Hbond substituents is 1. The number of rotatable bonds is 6. The molecular formula is C10H14ClNO3S. The average molecular weight is 264 g/mol. The van der Waals surface area contributed by atoms with Crippen molar-refractivity contribution in [3.05, 3.63) is 24.3 Å². The molecule has 0 fully saturated rings. The minimum Gasteiger partial charge on any atom is -0.508 e. The first kappa shape index (κ1) is 13.1. The van der Waals surface area contributed by atoms with Gasteiger partial charge >= 0.3 is 0 Å². The summed E-state index contributed by atoms with van der Waals surface area (Å²) in [5.74, 6) is 0.526. The van der Waals surface area contributed by atoms with Crippen molar-refractivity contribution in [1.82, 2.24) is 0 Å². The Morgan fingerprint density at radius 2 is 2.06 bits per heavy atom. The fourth-order valence-electron chi connectivity index (χ4n) is 1.19. The van der Waals surface area contributed by atoms with Gasteiger partial charge in [0.05, 0.1) is 11.4 Å². The smallest absolute Gasteiger partial charge is 0.232 e. The van der Waals surface area contributed by atoms with Gasteiger partial charge in [-0.2, -0.15) is 0 Å². The summed E-state index contributed by atoms with van der Waals surface area (Å²) in [6, 6.07) is 6.00. The molecule has 0 heterocycles. The summed E-state index contributed by atoms with van der Waals surface area (Å²) in [6.07, 6.45) is 1.19. The van der Waals surface area contributed by atoms with E-state index >= 15 is 0 Å². The number of anilines is 1. The van der Waals surface area contributed by atoms with Gasteiger partial charge in [-0.1, -0.05) is 6.07 Å². The molecule has 2 N–H and O–H groups in total. The number of phenols is 1. The molecule has 0 saturated heterocycles. The van der Waals surface area contributed by atoms with Crippen LogP contribution < -0.4 is 4.72 Å². The molecule has 0 amide bonds. The SMILES string of the molecule is O=S(=O)(CCCCCl)Nc1cccc(O)c1. The quantitative estimate of drug-likeness (QED) is 0.611. The third-order valence-electron chi connectivity index (χ3n) is 1.92. The van der Waals surface area contributed by atoms with E-state index in [1.165, 1.54) is 12.1 Å². The van der Waals surface area contributed by atoms with Gasteiger partial charge in [-0.05, 0) is 25.0 Å². The van der Waals surface area contributed by atoms with Gasteiger partial charge in [-0.25, -0.2) is 8.42 Å². The van der Waals surface area contributed by atoms with Crippen molar-refractivity contribution >= 4 is 27.3 Å². The van der Waals surface area contributed by atoms with Crippen LogP contribution in [-0.2, 0) is 10.0 Å². The minimum absolute atomic E-state index is 0.0287. The van der Waals surface area contributed by atoms with Crippen molar-refractivity contribution < 1.29 is 13.5 Å². The van der Waals surface area contributed by atoms with Crippen molar-refractivity contribution in [2.45, 2.75) is 12.8 Å². The van der Waals surface area contributed by atoms with Gasteiger partial charge in [-0.3, -0.25) is 4.72 Å². The first-order chi connectivity index (χ1) is 7.53. The maximum absolute atomic E-state index is 11.6.